The fourth-order valence-electron chi connectivity index (χ4n) is 2.58. The number of carbonyl (C=O) groups is 1. The van der Waals surface area contributed by atoms with Gasteiger partial charge in [-0.1, -0.05) is 26.0 Å². The van der Waals surface area contributed by atoms with E-state index in [0.29, 0.717) is 11.5 Å². The molecule has 128 valence electrons. The van der Waals surface area contributed by atoms with Gasteiger partial charge in [-0.15, -0.1) is 0 Å². The highest BCUT2D eigenvalue weighted by molar-refractivity contribution is 5.97. The SMILES string of the molecule is CC(C)C(=O)c1ccc(-c2ncc(-c3ccc(N(C)C)cc3)o2)cc1. The van der Waals surface area contributed by atoms with Crippen LogP contribution in [0.3, 0.4) is 0 Å². The molecule has 2 aromatic carbocycles. The lowest BCUT2D eigenvalue weighted by atomic mass is 10.0. The number of hydrogen-bond donors (Lipinski definition) is 0. The Morgan fingerprint density at radius 3 is 2.12 bits per heavy atom. The Labute approximate surface area is 148 Å². The third kappa shape index (κ3) is 3.63. The number of carbonyl (C=O) groups excluding carboxylic acids is 1. The monoisotopic (exact) mass is 334 g/mol. The first-order valence-electron chi connectivity index (χ1n) is 8.34. The second kappa shape index (κ2) is 6.93. The molecule has 0 spiro atoms. The normalized spacial score (nSPS) is 10.9. The van der Waals surface area contributed by atoms with Gasteiger partial charge in [-0.05, 0) is 36.4 Å². The van der Waals surface area contributed by atoms with Crippen LogP contribution in [-0.2, 0) is 0 Å². The number of oxazole rings is 1. The van der Waals surface area contributed by atoms with Crippen molar-refractivity contribution in [1.29, 1.82) is 0 Å². The van der Waals surface area contributed by atoms with Gasteiger partial charge in [-0.2, -0.15) is 0 Å². The number of aromatic nitrogens is 1. The molecule has 0 amide bonds. The summed E-state index contributed by atoms with van der Waals surface area (Å²) < 4.78 is 5.89. The lowest BCUT2D eigenvalue weighted by Gasteiger charge is -2.11. The van der Waals surface area contributed by atoms with Crippen LogP contribution in [0.2, 0.25) is 0 Å². The van der Waals surface area contributed by atoms with Crippen molar-refractivity contribution in [3.8, 4) is 22.8 Å². The number of nitrogens with zero attached hydrogens (tertiary/aromatic N) is 2. The Kier molecular flexibility index (Phi) is 4.70. The van der Waals surface area contributed by atoms with Gasteiger partial charge in [0.2, 0.25) is 5.89 Å². The van der Waals surface area contributed by atoms with Gasteiger partial charge >= 0.3 is 0 Å². The maximum atomic E-state index is 12.0. The summed E-state index contributed by atoms with van der Waals surface area (Å²) in [5.74, 6) is 1.41. The summed E-state index contributed by atoms with van der Waals surface area (Å²) in [6.45, 7) is 3.80. The minimum atomic E-state index is -0.00988. The highest BCUT2D eigenvalue weighted by atomic mass is 16.4. The molecule has 0 bridgehead atoms. The van der Waals surface area contributed by atoms with Crippen molar-refractivity contribution in [3.05, 3.63) is 60.3 Å². The molecule has 3 aromatic rings. The van der Waals surface area contributed by atoms with Crippen molar-refractivity contribution in [2.24, 2.45) is 5.92 Å². The molecular weight excluding hydrogens is 312 g/mol. The molecule has 0 aliphatic carbocycles. The van der Waals surface area contributed by atoms with Crippen LogP contribution in [0, 0.1) is 5.92 Å². The first-order valence-corrected chi connectivity index (χ1v) is 8.34. The third-order valence-electron chi connectivity index (χ3n) is 4.11. The second-order valence-corrected chi connectivity index (χ2v) is 6.57. The predicted octanol–water partition coefficient (Wildman–Crippen LogP) is 4.91. The maximum Gasteiger partial charge on any atom is 0.226 e. The number of anilines is 1. The van der Waals surface area contributed by atoms with Gasteiger partial charge < -0.3 is 9.32 Å². The second-order valence-electron chi connectivity index (χ2n) is 6.57. The molecule has 1 aromatic heterocycles. The molecular formula is C21H22N2O2. The van der Waals surface area contributed by atoms with Crippen LogP contribution in [0.15, 0.2) is 59.1 Å². The van der Waals surface area contributed by atoms with Crippen LogP contribution in [0.5, 0.6) is 0 Å². The number of benzene rings is 2. The van der Waals surface area contributed by atoms with E-state index in [9.17, 15) is 4.79 Å². The van der Waals surface area contributed by atoms with Crippen LogP contribution in [0.1, 0.15) is 24.2 Å². The Morgan fingerprint density at radius 2 is 1.56 bits per heavy atom. The zero-order valence-corrected chi connectivity index (χ0v) is 15.0. The average Bonchev–Trinajstić information content (AvgIpc) is 3.11. The quantitative estimate of drug-likeness (QED) is 0.622. The number of hydrogen-bond acceptors (Lipinski definition) is 4. The summed E-state index contributed by atoms with van der Waals surface area (Å²) in [4.78, 5) is 18.4. The molecule has 0 saturated carbocycles. The Morgan fingerprint density at radius 1 is 0.960 bits per heavy atom. The summed E-state index contributed by atoms with van der Waals surface area (Å²) in [6, 6.07) is 15.5. The van der Waals surface area contributed by atoms with Crippen molar-refractivity contribution in [3.63, 3.8) is 0 Å². The molecule has 0 aliphatic heterocycles. The van der Waals surface area contributed by atoms with Crippen LogP contribution in [-0.4, -0.2) is 24.9 Å². The molecule has 1 heterocycles. The fourth-order valence-corrected chi connectivity index (χ4v) is 2.58. The van der Waals surface area contributed by atoms with Gasteiger partial charge in [-0.25, -0.2) is 4.98 Å². The molecule has 4 heteroatoms. The highest BCUT2D eigenvalue weighted by Crippen LogP contribution is 2.27. The van der Waals surface area contributed by atoms with Crippen LogP contribution in [0.25, 0.3) is 22.8 Å². The average molecular weight is 334 g/mol. The molecule has 0 fully saturated rings. The molecule has 4 nitrogen and oxygen atoms in total. The maximum absolute atomic E-state index is 12.0. The van der Waals surface area contributed by atoms with Gasteiger partial charge in [0, 0.05) is 42.4 Å². The first kappa shape index (κ1) is 17.0. The number of Topliss-reactive ketones (excluding diaryl/α,β-unsaturated/α-hetero) is 1. The zero-order valence-electron chi connectivity index (χ0n) is 15.0. The van der Waals surface area contributed by atoms with Crippen molar-refractivity contribution < 1.29 is 9.21 Å². The molecule has 0 atom stereocenters. The van der Waals surface area contributed by atoms with E-state index in [1.165, 1.54) is 0 Å². The standard InChI is InChI=1S/C21H22N2O2/c1-14(2)20(24)16-5-7-17(8-6-16)21-22-13-19(25-21)15-9-11-18(12-10-15)23(3)4/h5-14H,1-4H3. The van der Waals surface area contributed by atoms with Crippen molar-refractivity contribution in [2.75, 3.05) is 19.0 Å². The van der Waals surface area contributed by atoms with Crippen LogP contribution in [0.4, 0.5) is 5.69 Å². The summed E-state index contributed by atoms with van der Waals surface area (Å²) in [5, 5.41) is 0. The molecule has 0 saturated heterocycles. The lowest BCUT2D eigenvalue weighted by Crippen LogP contribution is -2.07. The minimum absolute atomic E-state index is 0.00988. The van der Waals surface area contributed by atoms with E-state index in [2.05, 4.69) is 9.88 Å². The number of ketones is 1. The third-order valence-corrected chi connectivity index (χ3v) is 4.11. The van der Waals surface area contributed by atoms with Crippen molar-refractivity contribution in [1.82, 2.24) is 4.98 Å². The van der Waals surface area contributed by atoms with E-state index in [-0.39, 0.29) is 11.7 Å². The minimum Gasteiger partial charge on any atom is -0.436 e. The van der Waals surface area contributed by atoms with Crippen molar-refractivity contribution >= 4 is 11.5 Å². The van der Waals surface area contributed by atoms with E-state index in [1.807, 2.05) is 76.5 Å². The molecule has 0 unspecified atom stereocenters. The number of rotatable bonds is 5. The Bertz CT molecular complexity index is 860. The topological polar surface area (TPSA) is 46.3 Å². The zero-order chi connectivity index (χ0) is 18.0. The van der Waals surface area contributed by atoms with Gasteiger partial charge in [0.05, 0.1) is 6.20 Å². The van der Waals surface area contributed by atoms with Gasteiger partial charge in [0.1, 0.15) is 0 Å². The molecule has 0 aliphatic rings. The van der Waals surface area contributed by atoms with Gasteiger partial charge in [-0.3, -0.25) is 4.79 Å². The van der Waals surface area contributed by atoms with E-state index in [4.69, 9.17) is 4.42 Å². The first-order chi connectivity index (χ1) is 12.0. The summed E-state index contributed by atoms with van der Waals surface area (Å²) in [6.07, 6.45) is 1.73. The fraction of sp³-hybridized carbons (Fsp3) is 0.238. The highest BCUT2D eigenvalue weighted by Gasteiger charge is 2.12. The van der Waals surface area contributed by atoms with Crippen molar-refractivity contribution in [2.45, 2.75) is 13.8 Å². The van der Waals surface area contributed by atoms with E-state index in [0.717, 1.165) is 22.6 Å². The Hall–Kier alpha value is -2.88. The van der Waals surface area contributed by atoms with Gasteiger partial charge in [0.25, 0.3) is 0 Å². The molecule has 3 rings (SSSR count). The summed E-state index contributed by atoms with van der Waals surface area (Å²) in [7, 11) is 4.02. The smallest absolute Gasteiger partial charge is 0.226 e. The van der Waals surface area contributed by atoms with E-state index >= 15 is 0 Å². The predicted molar refractivity (Wildman–Crippen MR) is 101 cm³/mol. The van der Waals surface area contributed by atoms with E-state index < -0.39 is 0 Å². The molecule has 0 N–H and O–H groups in total. The lowest BCUT2D eigenvalue weighted by molar-refractivity contribution is 0.0939. The molecule has 0 radical (unpaired) electrons. The summed E-state index contributed by atoms with van der Waals surface area (Å²) >= 11 is 0. The molecule has 25 heavy (non-hydrogen) atoms. The van der Waals surface area contributed by atoms with Crippen LogP contribution >= 0.6 is 0 Å². The van der Waals surface area contributed by atoms with Crippen LogP contribution < -0.4 is 4.90 Å². The summed E-state index contributed by atoms with van der Waals surface area (Å²) in [5.41, 5.74) is 3.69. The largest absolute Gasteiger partial charge is 0.436 e. The Balaban J connectivity index is 1.82. The van der Waals surface area contributed by atoms with E-state index in [1.54, 1.807) is 6.20 Å². The van der Waals surface area contributed by atoms with Gasteiger partial charge in [0.15, 0.2) is 11.5 Å².